The number of sulfonamides is 1. The summed E-state index contributed by atoms with van der Waals surface area (Å²) in [5.74, 6) is 1.01. The molecule has 0 N–H and O–H groups in total. The molecule has 3 aromatic rings. The van der Waals surface area contributed by atoms with E-state index in [4.69, 9.17) is 25.8 Å². The summed E-state index contributed by atoms with van der Waals surface area (Å²) in [6.07, 6.45) is 0. The Bertz CT molecular complexity index is 1420. The van der Waals surface area contributed by atoms with Crippen LogP contribution in [-0.4, -0.2) is 81.2 Å². The second kappa shape index (κ2) is 12.9. The molecule has 0 radical (unpaired) electrons. The van der Waals surface area contributed by atoms with Crippen LogP contribution in [0, 0.1) is 6.92 Å². The first-order valence-corrected chi connectivity index (χ1v) is 15.7. The van der Waals surface area contributed by atoms with Gasteiger partial charge in [0.05, 0.1) is 31.2 Å². The summed E-state index contributed by atoms with van der Waals surface area (Å²) in [4.78, 5) is 18.9. The molecule has 9 nitrogen and oxygen atoms in total. The first kappa shape index (κ1) is 28.8. The van der Waals surface area contributed by atoms with Gasteiger partial charge in [-0.25, -0.2) is 8.42 Å². The first-order chi connectivity index (χ1) is 19.3. The SMILES string of the molecule is Cc1ccsc1CN(Cc1ccc2c(c1)OCO2)C(=O)CN(CCN1CCOCC1)S(=O)(=O)c1ccc(Cl)cc1. The first-order valence-electron chi connectivity index (χ1n) is 13.0. The number of hydrogen-bond acceptors (Lipinski definition) is 8. The molecule has 214 valence electrons. The Kier molecular flexibility index (Phi) is 9.29. The van der Waals surface area contributed by atoms with E-state index in [1.807, 2.05) is 36.6 Å². The summed E-state index contributed by atoms with van der Waals surface area (Å²) >= 11 is 7.60. The number of hydrogen-bond donors (Lipinski definition) is 0. The lowest BCUT2D eigenvalue weighted by molar-refractivity contribution is -0.132. The number of aryl methyl sites for hydroxylation is 1. The Morgan fingerprint density at radius 3 is 2.50 bits per heavy atom. The molecule has 2 aliphatic rings. The van der Waals surface area contributed by atoms with E-state index in [-0.39, 0.29) is 30.7 Å². The minimum atomic E-state index is -3.96. The van der Waals surface area contributed by atoms with Gasteiger partial charge in [-0.1, -0.05) is 17.7 Å². The number of benzene rings is 2. The zero-order chi connectivity index (χ0) is 28.1. The molecule has 2 aromatic carbocycles. The quantitative estimate of drug-likeness (QED) is 0.327. The second-order valence-electron chi connectivity index (χ2n) is 9.71. The lowest BCUT2D eigenvalue weighted by Gasteiger charge is -2.31. The van der Waals surface area contributed by atoms with Gasteiger partial charge < -0.3 is 19.1 Å². The number of carbonyl (C=O) groups is 1. The molecular weight excluding hydrogens is 574 g/mol. The molecule has 1 aromatic heterocycles. The highest BCUT2D eigenvalue weighted by Crippen LogP contribution is 2.33. The molecule has 3 heterocycles. The second-order valence-corrected chi connectivity index (χ2v) is 13.1. The number of rotatable bonds is 11. The van der Waals surface area contributed by atoms with E-state index in [0.717, 1.165) is 29.1 Å². The topological polar surface area (TPSA) is 88.6 Å². The van der Waals surface area contributed by atoms with Gasteiger partial charge in [-0.05, 0) is 65.9 Å². The maximum atomic E-state index is 13.9. The average molecular weight is 606 g/mol. The summed E-state index contributed by atoms with van der Waals surface area (Å²) in [5, 5.41) is 2.43. The van der Waals surface area contributed by atoms with E-state index in [2.05, 4.69) is 4.90 Å². The largest absolute Gasteiger partial charge is 0.454 e. The Morgan fingerprint density at radius 1 is 1.02 bits per heavy atom. The fraction of sp³-hybridized carbons (Fsp3) is 0.393. The van der Waals surface area contributed by atoms with Gasteiger partial charge in [-0.15, -0.1) is 11.3 Å². The number of nitrogens with zero attached hydrogens (tertiary/aromatic N) is 3. The van der Waals surface area contributed by atoms with Crippen LogP contribution in [-0.2, 0) is 32.6 Å². The van der Waals surface area contributed by atoms with Crippen LogP contribution in [0.4, 0.5) is 0 Å². The van der Waals surface area contributed by atoms with Crippen LogP contribution >= 0.6 is 22.9 Å². The van der Waals surface area contributed by atoms with Gasteiger partial charge >= 0.3 is 0 Å². The third-order valence-electron chi connectivity index (χ3n) is 7.00. The van der Waals surface area contributed by atoms with Crippen molar-refractivity contribution in [1.29, 1.82) is 0 Å². The van der Waals surface area contributed by atoms with Crippen molar-refractivity contribution in [3.63, 3.8) is 0 Å². The lowest BCUT2D eigenvalue weighted by atomic mass is 10.1. The summed E-state index contributed by atoms with van der Waals surface area (Å²) < 4.78 is 45.2. The highest BCUT2D eigenvalue weighted by Gasteiger charge is 2.30. The molecule has 5 rings (SSSR count). The Hall–Kier alpha value is -2.67. The molecule has 12 heteroatoms. The van der Waals surface area contributed by atoms with Gasteiger partial charge in [0, 0.05) is 42.6 Å². The smallest absolute Gasteiger partial charge is 0.243 e. The van der Waals surface area contributed by atoms with Crippen molar-refractivity contribution in [2.45, 2.75) is 24.9 Å². The Labute approximate surface area is 243 Å². The Balaban J connectivity index is 1.39. The van der Waals surface area contributed by atoms with Gasteiger partial charge in [0.15, 0.2) is 11.5 Å². The van der Waals surface area contributed by atoms with Gasteiger partial charge in [-0.2, -0.15) is 4.31 Å². The zero-order valence-corrected chi connectivity index (χ0v) is 24.6. The minimum Gasteiger partial charge on any atom is -0.454 e. The number of amides is 1. The van der Waals surface area contributed by atoms with Crippen LogP contribution in [0.2, 0.25) is 5.02 Å². The molecular formula is C28H32ClN3O6S2. The Morgan fingerprint density at radius 2 is 1.77 bits per heavy atom. The van der Waals surface area contributed by atoms with E-state index in [1.165, 1.54) is 16.4 Å². The van der Waals surface area contributed by atoms with Crippen LogP contribution in [0.25, 0.3) is 0 Å². The fourth-order valence-electron chi connectivity index (χ4n) is 4.60. The third kappa shape index (κ3) is 6.96. The maximum Gasteiger partial charge on any atom is 0.243 e. The average Bonchev–Trinajstić information content (AvgIpc) is 3.59. The van der Waals surface area contributed by atoms with Crippen molar-refractivity contribution in [3.8, 4) is 11.5 Å². The molecule has 40 heavy (non-hydrogen) atoms. The minimum absolute atomic E-state index is 0.100. The normalized spacial score (nSPS) is 15.5. The molecule has 1 fully saturated rings. The zero-order valence-electron chi connectivity index (χ0n) is 22.3. The van der Waals surface area contributed by atoms with Crippen molar-refractivity contribution in [2.75, 3.05) is 52.7 Å². The summed E-state index contributed by atoms with van der Waals surface area (Å²) in [5.41, 5.74) is 1.96. The van der Waals surface area contributed by atoms with Crippen LogP contribution in [0.15, 0.2) is 58.8 Å². The summed E-state index contributed by atoms with van der Waals surface area (Å²) in [6, 6.07) is 13.6. The van der Waals surface area contributed by atoms with Crippen molar-refractivity contribution >= 4 is 38.9 Å². The predicted molar refractivity (Wildman–Crippen MR) is 153 cm³/mol. The van der Waals surface area contributed by atoms with Crippen molar-refractivity contribution in [2.24, 2.45) is 0 Å². The van der Waals surface area contributed by atoms with Crippen LogP contribution < -0.4 is 9.47 Å². The number of carbonyl (C=O) groups excluding carboxylic acids is 1. The van der Waals surface area contributed by atoms with Gasteiger partial charge in [-0.3, -0.25) is 9.69 Å². The maximum absolute atomic E-state index is 13.9. The predicted octanol–water partition coefficient (Wildman–Crippen LogP) is 3.99. The number of morpholine rings is 1. The third-order valence-corrected chi connectivity index (χ3v) is 10.1. The number of thiophene rings is 1. The molecule has 1 amide bonds. The molecule has 0 saturated carbocycles. The van der Waals surface area contributed by atoms with Gasteiger partial charge in [0.2, 0.25) is 22.7 Å². The number of ether oxygens (including phenoxy) is 3. The van der Waals surface area contributed by atoms with E-state index in [1.54, 1.807) is 28.4 Å². The van der Waals surface area contributed by atoms with Crippen LogP contribution in [0.5, 0.6) is 11.5 Å². The molecule has 0 aliphatic carbocycles. The molecule has 0 spiro atoms. The number of halogens is 1. The molecule has 0 unspecified atom stereocenters. The standard InChI is InChI=1S/C28H32ClN3O6S2/c1-21-8-15-39-27(21)18-31(17-22-2-7-25-26(16-22)38-20-37-25)28(33)19-32(10-9-30-11-13-36-14-12-30)40(34,35)24-5-3-23(29)4-6-24/h2-8,15-16H,9-14,17-20H2,1H3. The molecule has 1 saturated heterocycles. The highest BCUT2D eigenvalue weighted by atomic mass is 35.5. The van der Waals surface area contributed by atoms with Crippen LogP contribution in [0.1, 0.15) is 16.0 Å². The molecule has 0 bridgehead atoms. The number of fused-ring (bicyclic) bond motifs is 1. The molecule has 2 aliphatic heterocycles. The summed E-state index contributed by atoms with van der Waals surface area (Å²) in [6.45, 7) is 5.86. The van der Waals surface area contributed by atoms with Gasteiger partial charge in [0.1, 0.15) is 0 Å². The highest BCUT2D eigenvalue weighted by molar-refractivity contribution is 7.89. The van der Waals surface area contributed by atoms with Crippen molar-refractivity contribution in [3.05, 3.63) is 74.9 Å². The van der Waals surface area contributed by atoms with Crippen molar-refractivity contribution < 1.29 is 27.4 Å². The monoisotopic (exact) mass is 605 g/mol. The van der Waals surface area contributed by atoms with Crippen LogP contribution in [0.3, 0.4) is 0 Å². The fourth-order valence-corrected chi connectivity index (χ4v) is 7.03. The van der Waals surface area contributed by atoms with E-state index >= 15 is 0 Å². The van der Waals surface area contributed by atoms with E-state index in [9.17, 15) is 13.2 Å². The molecule has 0 atom stereocenters. The van der Waals surface area contributed by atoms with Crippen molar-refractivity contribution in [1.82, 2.24) is 14.1 Å². The summed E-state index contributed by atoms with van der Waals surface area (Å²) in [7, 11) is -3.96. The van der Waals surface area contributed by atoms with E-state index < -0.39 is 10.0 Å². The van der Waals surface area contributed by atoms with E-state index in [0.29, 0.717) is 49.4 Å². The lowest BCUT2D eigenvalue weighted by Crippen LogP contribution is -2.47. The van der Waals surface area contributed by atoms with Gasteiger partial charge in [0.25, 0.3) is 0 Å².